The summed E-state index contributed by atoms with van der Waals surface area (Å²) in [6.07, 6.45) is 1.39. The van der Waals surface area contributed by atoms with Gasteiger partial charge in [-0.3, -0.25) is 9.59 Å². The first-order valence-electron chi connectivity index (χ1n) is 8.48. The third-order valence-corrected chi connectivity index (χ3v) is 6.81. The number of likely N-dealkylation sites (tertiary alicyclic amines) is 1. The van der Waals surface area contributed by atoms with Gasteiger partial charge >= 0.3 is 0 Å². The van der Waals surface area contributed by atoms with Crippen LogP contribution >= 0.6 is 0 Å². The van der Waals surface area contributed by atoms with Crippen LogP contribution in [-0.2, 0) is 16.6 Å². The Morgan fingerprint density at radius 3 is 2.96 bits per heavy atom. The van der Waals surface area contributed by atoms with Gasteiger partial charge in [0.15, 0.2) is 11.9 Å². The Bertz CT molecular complexity index is 806. The van der Waals surface area contributed by atoms with Crippen molar-refractivity contribution in [3.8, 4) is 5.75 Å². The molecule has 4 atom stereocenters. The van der Waals surface area contributed by atoms with Crippen molar-refractivity contribution in [3.63, 3.8) is 0 Å². The van der Waals surface area contributed by atoms with Gasteiger partial charge in [0, 0.05) is 18.0 Å². The Balaban J connectivity index is 1.87. The topological polar surface area (TPSA) is 92.9 Å². The standard InChI is InChI=1S/C18H20N2O4/c1-20-7-6-17-13-9-2-3-10(16(19)22)14(13)24-15(17)11(21)4-5-18(17,23)12(20)8-9/h2-3,12,15,23H,4-8H2,1H3,(H2,19,22). The van der Waals surface area contributed by atoms with E-state index in [0.29, 0.717) is 37.0 Å². The summed E-state index contributed by atoms with van der Waals surface area (Å²) >= 11 is 0. The fraction of sp³-hybridized carbons (Fsp3) is 0.556. The van der Waals surface area contributed by atoms with E-state index in [1.807, 2.05) is 13.1 Å². The quantitative estimate of drug-likeness (QED) is 0.765. The highest BCUT2D eigenvalue weighted by Gasteiger charge is 2.72. The number of aliphatic hydroxyl groups is 1. The molecule has 0 aromatic heterocycles. The SMILES string of the molecule is CN1CCC23c4c5ccc(C(N)=O)c4OC2C(=O)CCC3(O)C1C5. The molecule has 1 aromatic carbocycles. The first-order chi connectivity index (χ1) is 11.4. The van der Waals surface area contributed by atoms with Gasteiger partial charge in [-0.2, -0.15) is 0 Å². The number of likely N-dealkylation sites (N-methyl/N-ethyl adjacent to an activating group) is 1. The summed E-state index contributed by atoms with van der Waals surface area (Å²) in [6, 6.07) is 3.56. The predicted molar refractivity (Wildman–Crippen MR) is 85.0 cm³/mol. The number of nitrogens with zero attached hydrogens (tertiary/aromatic N) is 1. The minimum atomic E-state index is -1.01. The number of ether oxygens (including phenoxy) is 1. The molecule has 2 bridgehead atoms. The highest BCUT2D eigenvalue weighted by atomic mass is 16.5. The fourth-order valence-electron chi connectivity index (χ4n) is 5.74. The molecule has 4 unspecified atom stereocenters. The number of hydrogen-bond donors (Lipinski definition) is 2. The van der Waals surface area contributed by atoms with Gasteiger partial charge in [0.25, 0.3) is 5.91 Å². The lowest BCUT2D eigenvalue weighted by atomic mass is 9.49. The molecular weight excluding hydrogens is 308 g/mol. The number of piperidine rings is 1. The lowest BCUT2D eigenvalue weighted by Gasteiger charge is -2.62. The predicted octanol–water partition coefficient (Wildman–Crippen LogP) is 0.138. The molecule has 2 aliphatic heterocycles. The first kappa shape index (κ1) is 14.4. The number of Topliss-reactive ketones (excluding diaryl/α,β-unsaturated/α-hetero) is 1. The van der Waals surface area contributed by atoms with E-state index in [1.54, 1.807) is 6.07 Å². The number of primary amides is 1. The normalized spacial score (nSPS) is 39.3. The third-order valence-electron chi connectivity index (χ3n) is 6.81. The maximum absolute atomic E-state index is 12.7. The molecule has 4 aliphatic rings. The molecule has 2 heterocycles. The molecule has 2 fully saturated rings. The summed E-state index contributed by atoms with van der Waals surface area (Å²) in [4.78, 5) is 26.7. The second kappa shape index (κ2) is 4.18. The van der Waals surface area contributed by atoms with Crippen LogP contribution in [0.25, 0.3) is 0 Å². The fourth-order valence-corrected chi connectivity index (χ4v) is 5.74. The number of amides is 1. The highest BCUT2D eigenvalue weighted by molar-refractivity contribution is 5.98. The van der Waals surface area contributed by atoms with E-state index < -0.39 is 23.0 Å². The summed E-state index contributed by atoms with van der Waals surface area (Å²) in [6.45, 7) is 0.791. The van der Waals surface area contributed by atoms with Gasteiger partial charge < -0.3 is 20.5 Å². The lowest BCUT2D eigenvalue weighted by Crippen LogP contribution is -2.76. The lowest BCUT2D eigenvalue weighted by molar-refractivity contribution is -0.185. The van der Waals surface area contributed by atoms with Gasteiger partial charge in [-0.1, -0.05) is 6.07 Å². The Hall–Kier alpha value is -1.92. The molecule has 6 nitrogen and oxygen atoms in total. The zero-order valence-electron chi connectivity index (χ0n) is 13.5. The molecule has 1 spiro atoms. The second-order valence-electron chi connectivity index (χ2n) is 7.65. The molecule has 1 saturated heterocycles. The Labute approximate surface area is 139 Å². The van der Waals surface area contributed by atoms with Gasteiger partial charge in [0.2, 0.25) is 0 Å². The molecule has 6 heteroatoms. The number of benzene rings is 1. The summed E-state index contributed by atoms with van der Waals surface area (Å²) in [5.41, 5.74) is 6.01. The molecule has 1 aromatic rings. The van der Waals surface area contributed by atoms with E-state index in [2.05, 4.69) is 4.90 Å². The third kappa shape index (κ3) is 1.33. The van der Waals surface area contributed by atoms with E-state index in [0.717, 1.165) is 17.7 Å². The minimum absolute atomic E-state index is 0.0162. The zero-order valence-corrected chi connectivity index (χ0v) is 13.5. The number of nitrogens with two attached hydrogens (primary N) is 1. The van der Waals surface area contributed by atoms with Crippen LogP contribution in [0.3, 0.4) is 0 Å². The van der Waals surface area contributed by atoms with Crippen molar-refractivity contribution in [1.29, 1.82) is 0 Å². The molecule has 126 valence electrons. The monoisotopic (exact) mass is 328 g/mol. The maximum Gasteiger partial charge on any atom is 0.252 e. The summed E-state index contributed by atoms with van der Waals surface area (Å²) in [5.74, 6) is -0.113. The van der Waals surface area contributed by atoms with Crippen LogP contribution in [0.5, 0.6) is 5.75 Å². The Morgan fingerprint density at radius 1 is 1.42 bits per heavy atom. The van der Waals surface area contributed by atoms with Crippen molar-refractivity contribution in [1.82, 2.24) is 4.90 Å². The molecule has 5 rings (SSSR count). The molecule has 0 radical (unpaired) electrons. The maximum atomic E-state index is 12.7. The largest absolute Gasteiger partial charge is 0.480 e. The van der Waals surface area contributed by atoms with E-state index in [1.165, 1.54) is 0 Å². The van der Waals surface area contributed by atoms with Crippen molar-refractivity contribution < 1.29 is 19.4 Å². The van der Waals surface area contributed by atoms with E-state index >= 15 is 0 Å². The molecule has 1 amide bonds. The van der Waals surface area contributed by atoms with Gasteiger partial charge in [0.05, 0.1) is 16.6 Å². The van der Waals surface area contributed by atoms with E-state index in [9.17, 15) is 14.7 Å². The number of hydrogen-bond acceptors (Lipinski definition) is 5. The van der Waals surface area contributed by atoms with E-state index in [-0.39, 0.29) is 11.8 Å². The molecule has 1 saturated carbocycles. The number of carbonyl (C=O) groups is 2. The zero-order chi connectivity index (χ0) is 16.9. The van der Waals surface area contributed by atoms with Gasteiger partial charge in [-0.05, 0) is 44.5 Å². The summed E-state index contributed by atoms with van der Waals surface area (Å²) in [7, 11) is 2.03. The molecule has 24 heavy (non-hydrogen) atoms. The van der Waals surface area contributed by atoms with Gasteiger partial charge in [0.1, 0.15) is 5.75 Å². The summed E-state index contributed by atoms with van der Waals surface area (Å²) < 4.78 is 6.05. The average molecular weight is 328 g/mol. The van der Waals surface area contributed by atoms with Crippen LogP contribution in [0, 0.1) is 0 Å². The minimum Gasteiger partial charge on any atom is -0.480 e. The van der Waals surface area contributed by atoms with Crippen LogP contribution in [0.4, 0.5) is 0 Å². The number of carbonyl (C=O) groups excluding carboxylic acids is 2. The van der Waals surface area contributed by atoms with Crippen LogP contribution in [-0.4, -0.2) is 53.0 Å². The second-order valence-corrected chi connectivity index (χ2v) is 7.65. The van der Waals surface area contributed by atoms with Crippen molar-refractivity contribution in [2.75, 3.05) is 13.6 Å². The average Bonchev–Trinajstić information content (AvgIpc) is 2.89. The Kier molecular flexibility index (Phi) is 2.51. The van der Waals surface area contributed by atoms with Crippen molar-refractivity contribution in [2.45, 2.75) is 48.8 Å². The van der Waals surface area contributed by atoms with Crippen molar-refractivity contribution in [3.05, 3.63) is 28.8 Å². The van der Waals surface area contributed by atoms with Crippen molar-refractivity contribution in [2.24, 2.45) is 5.73 Å². The van der Waals surface area contributed by atoms with E-state index in [4.69, 9.17) is 10.5 Å². The highest BCUT2D eigenvalue weighted by Crippen LogP contribution is 2.63. The van der Waals surface area contributed by atoms with Crippen LogP contribution in [0.15, 0.2) is 12.1 Å². The van der Waals surface area contributed by atoms with Crippen LogP contribution in [0.2, 0.25) is 0 Å². The summed E-state index contributed by atoms with van der Waals surface area (Å²) in [5, 5.41) is 11.7. The number of rotatable bonds is 1. The number of ketones is 1. The molecular formula is C18H20N2O4. The van der Waals surface area contributed by atoms with Crippen LogP contribution in [0.1, 0.15) is 40.7 Å². The Morgan fingerprint density at radius 2 is 2.21 bits per heavy atom. The first-order valence-corrected chi connectivity index (χ1v) is 8.48. The molecule has 3 N–H and O–H groups in total. The smallest absolute Gasteiger partial charge is 0.252 e. The van der Waals surface area contributed by atoms with Crippen molar-refractivity contribution >= 4 is 11.7 Å². The molecule has 2 aliphatic carbocycles. The van der Waals surface area contributed by atoms with Crippen LogP contribution < -0.4 is 10.5 Å². The van der Waals surface area contributed by atoms with Gasteiger partial charge in [-0.15, -0.1) is 0 Å². The van der Waals surface area contributed by atoms with Gasteiger partial charge in [-0.25, -0.2) is 0 Å².